The largest absolute Gasteiger partial charge is 0.453 e. The molecule has 0 aromatic heterocycles. The minimum absolute atomic E-state index is 0.103. The van der Waals surface area contributed by atoms with Crippen molar-refractivity contribution in [1.29, 1.82) is 0 Å². The topological polar surface area (TPSA) is 80.8 Å². The second kappa shape index (κ2) is 8.42. The number of ketones is 1. The standard InChI is InChI=1S/C26H29NO5S/c1-13-4-6-15(7-5-13)23(28)14(2)32-26(31)20(10-11-33-3)27-24(29)21-16-8-9-17(19-12-18(16)19)22(21)25(27)30/h4-9,14,16-22H,10-12H2,1-3H3/t14-,16+,17+,18+,19+,20-,21-,22+/m0/s1. The lowest BCUT2D eigenvalue weighted by molar-refractivity contribution is -0.160. The van der Waals surface area contributed by atoms with E-state index in [0.29, 0.717) is 29.6 Å². The third-order valence-corrected chi connectivity index (χ3v) is 8.52. The SMILES string of the molecule is CSCC[C@@H](C(=O)O[C@@H](C)C(=O)c1ccc(C)cc1)N1C(=O)[C@@H]2[C@@H]3C=C[C@H]([C@H]4C[C@H]34)[C@@H]2C1=O. The van der Waals surface area contributed by atoms with Gasteiger partial charge in [-0.3, -0.25) is 19.3 Å². The molecule has 1 aromatic carbocycles. The van der Waals surface area contributed by atoms with E-state index < -0.39 is 18.1 Å². The van der Waals surface area contributed by atoms with Crippen molar-refractivity contribution in [2.75, 3.05) is 12.0 Å². The second-order valence-corrected chi connectivity index (χ2v) is 10.8. The number of likely N-dealkylation sites (tertiary alicyclic amines) is 1. The van der Waals surface area contributed by atoms with Crippen LogP contribution in [0.4, 0.5) is 0 Å². The fourth-order valence-electron chi connectivity index (χ4n) is 6.13. The summed E-state index contributed by atoms with van der Waals surface area (Å²) in [6, 6.07) is 6.09. The summed E-state index contributed by atoms with van der Waals surface area (Å²) in [4.78, 5) is 54.2. The third-order valence-electron chi connectivity index (χ3n) is 7.87. The van der Waals surface area contributed by atoms with Gasteiger partial charge in [-0.15, -0.1) is 0 Å². The number of aryl methyl sites for hydroxylation is 1. The molecule has 5 aliphatic rings. The van der Waals surface area contributed by atoms with Gasteiger partial charge in [0.1, 0.15) is 6.04 Å². The fourth-order valence-corrected chi connectivity index (χ4v) is 6.59. The van der Waals surface area contributed by atoms with Crippen molar-refractivity contribution in [2.45, 2.75) is 38.8 Å². The Morgan fingerprint density at radius 1 is 1.06 bits per heavy atom. The summed E-state index contributed by atoms with van der Waals surface area (Å²) in [5.74, 6) is -0.363. The van der Waals surface area contributed by atoms with Gasteiger partial charge in [-0.05, 0) is 62.4 Å². The first-order valence-corrected chi connectivity index (χ1v) is 13.1. The molecule has 8 atom stereocenters. The summed E-state index contributed by atoms with van der Waals surface area (Å²) in [6.07, 6.45) is 6.55. The fraction of sp³-hybridized carbons (Fsp3) is 0.538. The Labute approximate surface area is 198 Å². The van der Waals surface area contributed by atoms with Gasteiger partial charge in [-0.2, -0.15) is 11.8 Å². The van der Waals surface area contributed by atoms with Crippen molar-refractivity contribution in [3.8, 4) is 0 Å². The van der Waals surface area contributed by atoms with Gasteiger partial charge in [0, 0.05) is 5.56 Å². The molecule has 3 fully saturated rings. The predicted octanol–water partition coefficient (Wildman–Crippen LogP) is 3.28. The minimum atomic E-state index is -1.00. The molecule has 6 rings (SSSR count). The van der Waals surface area contributed by atoms with Gasteiger partial charge < -0.3 is 4.74 Å². The lowest BCUT2D eigenvalue weighted by Gasteiger charge is -2.37. The van der Waals surface area contributed by atoms with Crippen molar-refractivity contribution >= 4 is 35.3 Å². The highest BCUT2D eigenvalue weighted by Crippen LogP contribution is 2.65. The summed E-state index contributed by atoms with van der Waals surface area (Å²) in [6.45, 7) is 3.47. The van der Waals surface area contributed by atoms with Crippen LogP contribution in [-0.2, 0) is 19.1 Å². The number of rotatable bonds is 8. The number of carbonyl (C=O) groups is 4. The van der Waals surface area contributed by atoms with Gasteiger partial charge in [0.05, 0.1) is 11.8 Å². The molecule has 7 heteroatoms. The zero-order valence-corrected chi connectivity index (χ0v) is 19.9. The molecule has 33 heavy (non-hydrogen) atoms. The van der Waals surface area contributed by atoms with Gasteiger partial charge in [0.15, 0.2) is 6.10 Å². The number of hydrogen-bond donors (Lipinski definition) is 0. The van der Waals surface area contributed by atoms with Crippen LogP contribution in [0.5, 0.6) is 0 Å². The van der Waals surface area contributed by atoms with Crippen molar-refractivity contribution < 1.29 is 23.9 Å². The Morgan fingerprint density at radius 2 is 1.64 bits per heavy atom. The van der Waals surface area contributed by atoms with E-state index in [9.17, 15) is 19.2 Å². The van der Waals surface area contributed by atoms with E-state index in [1.807, 2.05) is 25.3 Å². The molecule has 6 nitrogen and oxygen atoms in total. The molecule has 4 aliphatic carbocycles. The minimum Gasteiger partial charge on any atom is -0.453 e. The van der Waals surface area contributed by atoms with Crippen molar-refractivity contribution in [2.24, 2.45) is 35.5 Å². The average Bonchev–Trinajstić information content (AvgIpc) is 3.59. The monoisotopic (exact) mass is 467 g/mol. The molecule has 0 spiro atoms. The van der Waals surface area contributed by atoms with Crippen LogP contribution < -0.4 is 0 Å². The van der Waals surface area contributed by atoms with Crippen LogP contribution in [0.2, 0.25) is 0 Å². The number of Topliss-reactive ketones (excluding diaryl/α,β-unsaturated/α-hetero) is 1. The maximum Gasteiger partial charge on any atom is 0.330 e. The van der Waals surface area contributed by atoms with E-state index in [4.69, 9.17) is 4.74 Å². The smallest absolute Gasteiger partial charge is 0.330 e. The van der Waals surface area contributed by atoms with Gasteiger partial charge in [0.25, 0.3) is 0 Å². The first-order chi connectivity index (χ1) is 15.8. The maximum absolute atomic E-state index is 13.5. The lowest BCUT2D eigenvalue weighted by atomic mass is 9.63. The van der Waals surface area contributed by atoms with Crippen LogP contribution in [0.15, 0.2) is 36.4 Å². The molecule has 0 unspecified atom stereocenters. The van der Waals surface area contributed by atoms with Crippen molar-refractivity contribution in [1.82, 2.24) is 4.90 Å². The average molecular weight is 468 g/mol. The number of hydrogen-bond acceptors (Lipinski definition) is 6. The molecular formula is C26H29NO5S. The Hall–Kier alpha value is -2.41. The van der Waals surface area contributed by atoms with Crippen LogP contribution in [0.25, 0.3) is 0 Å². The van der Waals surface area contributed by atoms with Crippen LogP contribution >= 0.6 is 11.8 Å². The third kappa shape index (κ3) is 3.65. The highest BCUT2D eigenvalue weighted by atomic mass is 32.2. The van der Waals surface area contributed by atoms with E-state index in [-0.39, 0.29) is 41.3 Å². The van der Waals surface area contributed by atoms with Gasteiger partial charge in [0.2, 0.25) is 17.6 Å². The number of carbonyl (C=O) groups excluding carboxylic acids is 4. The summed E-state index contributed by atoms with van der Waals surface area (Å²) < 4.78 is 5.56. The van der Waals surface area contributed by atoms with E-state index in [2.05, 4.69) is 12.2 Å². The lowest BCUT2D eigenvalue weighted by Crippen LogP contribution is -2.48. The van der Waals surface area contributed by atoms with Crippen LogP contribution in [-0.4, -0.2) is 52.6 Å². The maximum atomic E-state index is 13.5. The Kier molecular flexibility index (Phi) is 5.71. The number of esters is 1. The summed E-state index contributed by atoms with van der Waals surface area (Å²) in [5.41, 5.74) is 1.49. The molecule has 2 amide bonds. The zero-order chi connectivity index (χ0) is 23.4. The molecular weight excluding hydrogens is 438 g/mol. The van der Waals surface area contributed by atoms with E-state index in [0.717, 1.165) is 12.0 Å². The van der Waals surface area contributed by atoms with E-state index >= 15 is 0 Å². The molecule has 2 saturated carbocycles. The first-order valence-electron chi connectivity index (χ1n) is 11.7. The number of imide groups is 1. The Balaban J connectivity index is 1.35. The molecule has 2 bridgehead atoms. The molecule has 1 saturated heterocycles. The Morgan fingerprint density at radius 3 is 2.18 bits per heavy atom. The number of ether oxygens (including phenoxy) is 1. The van der Waals surface area contributed by atoms with Crippen molar-refractivity contribution in [3.63, 3.8) is 0 Å². The summed E-state index contributed by atoms with van der Waals surface area (Å²) in [7, 11) is 0. The summed E-state index contributed by atoms with van der Waals surface area (Å²) >= 11 is 1.54. The molecule has 0 N–H and O–H groups in total. The molecule has 0 radical (unpaired) electrons. The van der Waals surface area contributed by atoms with Crippen LogP contribution in [0.1, 0.15) is 35.7 Å². The summed E-state index contributed by atoms with van der Waals surface area (Å²) in [5, 5.41) is 0. The number of benzene rings is 1. The second-order valence-electron chi connectivity index (χ2n) is 9.81. The normalized spacial score (nSPS) is 32.9. The number of amides is 2. The number of allylic oxidation sites excluding steroid dienone is 2. The quantitative estimate of drug-likeness (QED) is 0.253. The van der Waals surface area contributed by atoms with Crippen LogP contribution in [0, 0.1) is 42.4 Å². The Bertz CT molecular complexity index is 998. The van der Waals surface area contributed by atoms with Gasteiger partial charge >= 0.3 is 5.97 Å². The van der Waals surface area contributed by atoms with Crippen LogP contribution in [0.3, 0.4) is 0 Å². The molecule has 1 aromatic rings. The molecule has 174 valence electrons. The predicted molar refractivity (Wildman–Crippen MR) is 124 cm³/mol. The first kappa shape index (κ1) is 22.4. The van der Waals surface area contributed by atoms with E-state index in [1.54, 1.807) is 23.9 Å². The molecule has 1 heterocycles. The highest BCUT2D eigenvalue weighted by Gasteiger charge is 2.68. The zero-order valence-electron chi connectivity index (χ0n) is 19.1. The number of thioether (sulfide) groups is 1. The van der Waals surface area contributed by atoms with E-state index in [1.165, 1.54) is 11.8 Å². The van der Waals surface area contributed by atoms with Crippen molar-refractivity contribution in [3.05, 3.63) is 47.5 Å². The highest BCUT2D eigenvalue weighted by molar-refractivity contribution is 7.98. The number of nitrogens with zero attached hydrogens (tertiary/aromatic N) is 1. The van der Waals surface area contributed by atoms with Gasteiger partial charge in [-0.25, -0.2) is 4.79 Å². The molecule has 1 aliphatic heterocycles. The van der Waals surface area contributed by atoms with Gasteiger partial charge in [-0.1, -0.05) is 42.0 Å².